The van der Waals surface area contributed by atoms with Crippen molar-refractivity contribution in [3.8, 4) is 11.3 Å². The standard InChI is InChI=1S/C13H14ClNS/c1-8-4-5-9(2)11(6-8)13-12(7-14)16-10(3)15-13/h4-6H,7H2,1-3H3. The van der Waals surface area contributed by atoms with Gasteiger partial charge in [-0.2, -0.15) is 0 Å². The summed E-state index contributed by atoms with van der Waals surface area (Å²) in [7, 11) is 0. The number of aromatic nitrogens is 1. The Hall–Kier alpha value is -0.860. The van der Waals surface area contributed by atoms with Gasteiger partial charge in [-0.1, -0.05) is 17.7 Å². The summed E-state index contributed by atoms with van der Waals surface area (Å²) in [6, 6.07) is 6.44. The minimum Gasteiger partial charge on any atom is -0.241 e. The summed E-state index contributed by atoms with van der Waals surface area (Å²) in [6.07, 6.45) is 0. The van der Waals surface area contributed by atoms with E-state index in [4.69, 9.17) is 11.6 Å². The van der Waals surface area contributed by atoms with Gasteiger partial charge < -0.3 is 0 Å². The molecule has 16 heavy (non-hydrogen) atoms. The Morgan fingerprint density at radius 3 is 2.69 bits per heavy atom. The molecule has 2 aromatic rings. The van der Waals surface area contributed by atoms with Gasteiger partial charge in [0, 0.05) is 10.4 Å². The summed E-state index contributed by atoms with van der Waals surface area (Å²) in [5.74, 6) is 0.536. The highest BCUT2D eigenvalue weighted by Crippen LogP contribution is 2.31. The van der Waals surface area contributed by atoms with Crippen LogP contribution in [0.4, 0.5) is 0 Å². The summed E-state index contributed by atoms with van der Waals surface area (Å²) in [5, 5.41) is 1.08. The molecule has 1 aromatic carbocycles. The average Bonchev–Trinajstić information content (AvgIpc) is 2.63. The highest BCUT2D eigenvalue weighted by molar-refractivity contribution is 7.12. The second-order valence-corrected chi connectivity index (χ2v) is 5.51. The first-order chi connectivity index (χ1) is 7.61. The molecule has 0 spiro atoms. The van der Waals surface area contributed by atoms with Gasteiger partial charge in [0.05, 0.1) is 16.6 Å². The molecule has 3 heteroatoms. The molecule has 1 aromatic heterocycles. The normalized spacial score (nSPS) is 10.8. The van der Waals surface area contributed by atoms with Gasteiger partial charge in [-0.3, -0.25) is 0 Å². The summed E-state index contributed by atoms with van der Waals surface area (Å²) in [5.41, 5.74) is 4.77. The number of benzene rings is 1. The molecule has 0 aliphatic carbocycles. The van der Waals surface area contributed by atoms with Gasteiger partial charge >= 0.3 is 0 Å². The maximum atomic E-state index is 5.96. The fourth-order valence-electron chi connectivity index (χ4n) is 1.76. The van der Waals surface area contributed by atoms with Crippen molar-refractivity contribution >= 4 is 22.9 Å². The first-order valence-corrected chi connectivity index (χ1v) is 6.57. The Morgan fingerprint density at radius 1 is 1.25 bits per heavy atom. The molecule has 0 saturated carbocycles. The van der Waals surface area contributed by atoms with E-state index in [9.17, 15) is 0 Å². The fourth-order valence-corrected chi connectivity index (χ4v) is 2.85. The van der Waals surface area contributed by atoms with E-state index in [0.29, 0.717) is 5.88 Å². The summed E-state index contributed by atoms with van der Waals surface area (Å²) in [4.78, 5) is 5.75. The van der Waals surface area contributed by atoms with Crippen molar-refractivity contribution in [3.63, 3.8) is 0 Å². The number of halogens is 1. The monoisotopic (exact) mass is 251 g/mol. The molecular formula is C13H14ClNS. The smallest absolute Gasteiger partial charge is 0.0904 e. The Bertz CT molecular complexity index is 517. The van der Waals surface area contributed by atoms with Crippen LogP contribution in [0, 0.1) is 20.8 Å². The molecule has 2 rings (SSSR count). The van der Waals surface area contributed by atoms with E-state index in [2.05, 4.69) is 37.0 Å². The SMILES string of the molecule is Cc1ccc(C)c(-c2nc(C)sc2CCl)c1. The van der Waals surface area contributed by atoms with Gasteiger partial charge in [0.25, 0.3) is 0 Å². The molecule has 0 saturated heterocycles. The lowest BCUT2D eigenvalue weighted by atomic mass is 10.0. The Balaban J connectivity index is 2.61. The Labute approximate surface area is 105 Å². The fraction of sp³-hybridized carbons (Fsp3) is 0.308. The zero-order valence-corrected chi connectivity index (χ0v) is 11.2. The summed E-state index contributed by atoms with van der Waals surface area (Å²) in [6.45, 7) is 6.24. The molecule has 0 amide bonds. The Morgan fingerprint density at radius 2 is 2.00 bits per heavy atom. The minimum atomic E-state index is 0.536. The van der Waals surface area contributed by atoms with Crippen molar-refractivity contribution < 1.29 is 0 Å². The molecule has 0 fully saturated rings. The molecular weight excluding hydrogens is 238 g/mol. The maximum absolute atomic E-state index is 5.96. The van der Waals surface area contributed by atoms with Gasteiger partial charge in [0.2, 0.25) is 0 Å². The van der Waals surface area contributed by atoms with E-state index in [1.54, 1.807) is 11.3 Å². The van der Waals surface area contributed by atoms with E-state index < -0.39 is 0 Å². The molecule has 0 bridgehead atoms. The van der Waals surface area contributed by atoms with Crippen LogP contribution in [-0.2, 0) is 5.88 Å². The molecule has 0 aliphatic heterocycles. The molecule has 1 heterocycles. The van der Waals surface area contributed by atoms with E-state index >= 15 is 0 Å². The molecule has 84 valence electrons. The highest BCUT2D eigenvalue weighted by atomic mass is 35.5. The number of hydrogen-bond acceptors (Lipinski definition) is 2. The largest absolute Gasteiger partial charge is 0.241 e. The van der Waals surface area contributed by atoms with Crippen molar-refractivity contribution in [2.75, 3.05) is 0 Å². The van der Waals surface area contributed by atoms with Crippen LogP contribution >= 0.6 is 22.9 Å². The van der Waals surface area contributed by atoms with Gasteiger partial charge in [-0.05, 0) is 32.4 Å². The van der Waals surface area contributed by atoms with E-state index in [1.807, 2.05) is 6.92 Å². The van der Waals surface area contributed by atoms with Crippen LogP contribution < -0.4 is 0 Å². The molecule has 0 atom stereocenters. The first kappa shape index (κ1) is 11.6. The van der Waals surface area contributed by atoms with Crippen LogP contribution in [0.25, 0.3) is 11.3 Å². The minimum absolute atomic E-state index is 0.536. The highest BCUT2D eigenvalue weighted by Gasteiger charge is 2.12. The quantitative estimate of drug-likeness (QED) is 0.718. The molecule has 1 nitrogen and oxygen atoms in total. The van der Waals surface area contributed by atoms with Crippen molar-refractivity contribution in [2.24, 2.45) is 0 Å². The van der Waals surface area contributed by atoms with Crippen LogP contribution in [0.15, 0.2) is 18.2 Å². The van der Waals surface area contributed by atoms with Crippen molar-refractivity contribution in [1.29, 1.82) is 0 Å². The third-order valence-electron chi connectivity index (χ3n) is 2.57. The second-order valence-electron chi connectivity index (χ2n) is 3.96. The van der Waals surface area contributed by atoms with E-state index in [1.165, 1.54) is 16.7 Å². The average molecular weight is 252 g/mol. The predicted octanol–water partition coefficient (Wildman–Crippen LogP) is 4.47. The second kappa shape index (κ2) is 4.56. The van der Waals surface area contributed by atoms with E-state index in [0.717, 1.165) is 15.6 Å². The van der Waals surface area contributed by atoms with Crippen LogP contribution in [-0.4, -0.2) is 4.98 Å². The number of rotatable bonds is 2. The molecule has 0 radical (unpaired) electrons. The topological polar surface area (TPSA) is 12.9 Å². The summed E-state index contributed by atoms with van der Waals surface area (Å²) >= 11 is 7.64. The zero-order valence-electron chi connectivity index (χ0n) is 9.67. The van der Waals surface area contributed by atoms with Crippen LogP contribution in [0.2, 0.25) is 0 Å². The first-order valence-electron chi connectivity index (χ1n) is 5.21. The molecule has 0 N–H and O–H groups in total. The van der Waals surface area contributed by atoms with Gasteiger partial charge in [-0.25, -0.2) is 4.98 Å². The third kappa shape index (κ3) is 2.13. The lowest BCUT2D eigenvalue weighted by molar-refractivity contribution is 1.26. The van der Waals surface area contributed by atoms with E-state index in [-0.39, 0.29) is 0 Å². The van der Waals surface area contributed by atoms with Crippen LogP contribution in [0.3, 0.4) is 0 Å². The number of alkyl halides is 1. The van der Waals surface area contributed by atoms with Crippen molar-refractivity contribution in [3.05, 3.63) is 39.2 Å². The molecule has 0 aliphatic rings. The Kier molecular flexibility index (Phi) is 3.31. The number of thiazole rings is 1. The number of hydrogen-bond donors (Lipinski definition) is 0. The predicted molar refractivity (Wildman–Crippen MR) is 71.3 cm³/mol. The third-order valence-corrected chi connectivity index (χ3v) is 3.97. The van der Waals surface area contributed by atoms with Crippen LogP contribution in [0.1, 0.15) is 21.0 Å². The van der Waals surface area contributed by atoms with Crippen molar-refractivity contribution in [2.45, 2.75) is 26.7 Å². The van der Waals surface area contributed by atoms with Crippen molar-refractivity contribution in [1.82, 2.24) is 4.98 Å². The maximum Gasteiger partial charge on any atom is 0.0904 e. The zero-order chi connectivity index (χ0) is 11.7. The van der Waals surface area contributed by atoms with Crippen LogP contribution in [0.5, 0.6) is 0 Å². The lowest BCUT2D eigenvalue weighted by Gasteiger charge is -2.05. The lowest BCUT2D eigenvalue weighted by Crippen LogP contribution is -1.88. The van der Waals surface area contributed by atoms with Gasteiger partial charge in [0.1, 0.15) is 0 Å². The number of aryl methyl sites for hydroxylation is 3. The molecule has 0 unspecified atom stereocenters. The number of nitrogens with zero attached hydrogens (tertiary/aromatic N) is 1. The van der Waals surface area contributed by atoms with Gasteiger partial charge in [0.15, 0.2) is 0 Å². The van der Waals surface area contributed by atoms with Gasteiger partial charge in [-0.15, -0.1) is 22.9 Å². The summed E-state index contributed by atoms with van der Waals surface area (Å²) < 4.78 is 0.